The normalized spacial score (nSPS) is 20.7. The molecule has 1 aliphatic heterocycles. The molecule has 8 nitrogen and oxygen atoms in total. The molecule has 0 radical (unpaired) electrons. The minimum atomic E-state index is -1.53. The van der Waals surface area contributed by atoms with Crippen LogP contribution in [0.15, 0.2) is 60.8 Å². The lowest BCUT2D eigenvalue weighted by molar-refractivity contribution is 0.0871. The van der Waals surface area contributed by atoms with E-state index in [9.17, 15) is 4.79 Å². The van der Waals surface area contributed by atoms with E-state index in [-0.39, 0.29) is 5.91 Å². The lowest BCUT2D eigenvalue weighted by Crippen LogP contribution is -2.57. The molecule has 33 heavy (non-hydrogen) atoms. The highest BCUT2D eigenvalue weighted by atomic mass is 19.1. The summed E-state index contributed by atoms with van der Waals surface area (Å²) in [6.07, 6.45) is 0.700. The number of nitrogens with one attached hydrogen (secondary N) is 1. The zero-order valence-electron chi connectivity index (χ0n) is 18.4. The zero-order chi connectivity index (χ0) is 22.9. The summed E-state index contributed by atoms with van der Waals surface area (Å²) < 4.78 is 16.3. The van der Waals surface area contributed by atoms with E-state index in [1.165, 1.54) is 4.80 Å². The Morgan fingerprint density at radius 2 is 1.94 bits per heavy atom. The quantitative estimate of drug-likeness (QED) is 0.486. The molecule has 5 rings (SSSR count). The highest BCUT2D eigenvalue weighted by Gasteiger charge is 2.43. The Morgan fingerprint density at radius 1 is 1.12 bits per heavy atom. The molecule has 1 N–H and O–H groups in total. The van der Waals surface area contributed by atoms with E-state index < -0.39 is 18.3 Å². The lowest BCUT2D eigenvalue weighted by atomic mass is 9.89. The first-order chi connectivity index (χ1) is 16.0. The number of benzene rings is 2. The zero-order valence-corrected chi connectivity index (χ0v) is 18.4. The smallest absolute Gasteiger partial charge is 0.251 e. The second kappa shape index (κ2) is 8.57. The standard InChI is InChI=1S/C24H24FN7O/c1-15-7-6-10-16-11-13-26-23(19(15)16)32-14-12-18(22-28-30-31(2)29-22)20(21(32)25)27-24(33)17-8-4-3-5-9-17/h3-11,13,18,20-21H,12,14H2,1-2H3,(H,27,33)/t18-,20-,21+/m1/s1. The van der Waals surface area contributed by atoms with Crippen LogP contribution >= 0.6 is 0 Å². The highest BCUT2D eigenvalue weighted by Crippen LogP contribution is 2.36. The fourth-order valence-electron chi connectivity index (χ4n) is 4.53. The molecule has 2 aromatic carbocycles. The van der Waals surface area contributed by atoms with E-state index >= 15 is 4.39 Å². The second-order valence-corrected chi connectivity index (χ2v) is 8.27. The van der Waals surface area contributed by atoms with Crippen LogP contribution in [0.4, 0.5) is 10.2 Å². The van der Waals surface area contributed by atoms with Crippen LogP contribution in [-0.2, 0) is 7.05 Å². The number of tetrazole rings is 1. The van der Waals surface area contributed by atoms with Crippen molar-refractivity contribution in [3.8, 4) is 0 Å². The summed E-state index contributed by atoms with van der Waals surface area (Å²) in [4.78, 5) is 20.5. The van der Waals surface area contributed by atoms with Gasteiger partial charge in [0.2, 0.25) is 0 Å². The summed E-state index contributed by atoms with van der Waals surface area (Å²) in [6.45, 7) is 2.40. The molecule has 1 saturated heterocycles. The number of rotatable bonds is 4. The van der Waals surface area contributed by atoms with Gasteiger partial charge in [-0.15, -0.1) is 10.2 Å². The topological polar surface area (TPSA) is 88.8 Å². The van der Waals surface area contributed by atoms with Crippen LogP contribution in [0.3, 0.4) is 0 Å². The largest absolute Gasteiger partial charge is 0.344 e. The summed E-state index contributed by atoms with van der Waals surface area (Å²) in [5, 5.41) is 17.1. The van der Waals surface area contributed by atoms with E-state index in [1.807, 2.05) is 37.3 Å². The first-order valence-corrected chi connectivity index (χ1v) is 10.9. The predicted molar refractivity (Wildman–Crippen MR) is 123 cm³/mol. The Labute approximate surface area is 190 Å². The van der Waals surface area contributed by atoms with Crippen molar-refractivity contribution in [1.29, 1.82) is 0 Å². The number of carbonyl (C=O) groups excluding carboxylic acids is 1. The molecule has 0 aliphatic carbocycles. The van der Waals surface area contributed by atoms with Gasteiger partial charge in [-0.2, -0.15) is 4.80 Å². The summed E-state index contributed by atoms with van der Waals surface area (Å²) in [5.74, 6) is 0.220. The SMILES string of the molecule is Cc1cccc2ccnc(N3CC[C@@H](c4nnn(C)n4)[C@@H](NC(=O)c4ccccc4)[C@H]3F)c12. The minimum Gasteiger partial charge on any atom is -0.344 e. The van der Waals surface area contributed by atoms with Gasteiger partial charge in [0.15, 0.2) is 12.1 Å². The second-order valence-electron chi connectivity index (χ2n) is 8.27. The first-order valence-electron chi connectivity index (χ1n) is 10.9. The van der Waals surface area contributed by atoms with E-state index in [4.69, 9.17) is 0 Å². The van der Waals surface area contributed by atoms with Crippen LogP contribution in [0, 0.1) is 6.92 Å². The average molecular weight is 446 g/mol. The summed E-state index contributed by atoms with van der Waals surface area (Å²) in [6, 6.07) is 15.8. The Morgan fingerprint density at radius 3 is 2.70 bits per heavy atom. The van der Waals surface area contributed by atoms with Gasteiger partial charge >= 0.3 is 0 Å². The average Bonchev–Trinajstić information content (AvgIpc) is 3.26. The number of aryl methyl sites for hydroxylation is 2. The van der Waals surface area contributed by atoms with Gasteiger partial charge < -0.3 is 10.2 Å². The number of anilines is 1. The van der Waals surface area contributed by atoms with Crippen molar-refractivity contribution in [2.45, 2.75) is 31.6 Å². The molecular formula is C24H24FN7O. The van der Waals surface area contributed by atoms with Crippen molar-refractivity contribution in [2.75, 3.05) is 11.4 Å². The number of carbonyl (C=O) groups is 1. The molecule has 2 aromatic heterocycles. The molecule has 0 unspecified atom stereocenters. The van der Waals surface area contributed by atoms with Crippen LogP contribution < -0.4 is 10.2 Å². The maximum Gasteiger partial charge on any atom is 0.251 e. The molecule has 1 aliphatic rings. The molecule has 168 valence electrons. The number of piperidine rings is 1. The van der Waals surface area contributed by atoms with Gasteiger partial charge in [-0.1, -0.05) is 36.4 Å². The Balaban J connectivity index is 1.53. The molecule has 1 amide bonds. The van der Waals surface area contributed by atoms with Gasteiger partial charge in [-0.3, -0.25) is 4.79 Å². The lowest BCUT2D eigenvalue weighted by Gasteiger charge is -2.41. The molecule has 0 spiro atoms. The molecule has 0 saturated carbocycles. The number of amides is 1. The van der Waals surface area contributed by atoms with Crippen molar-refractivity contribution < 1.29 is 9.18 Å². The third-order valence-electron chi connectivity index (χ3n) is 6.15. The summed E-state index contributed by atoms with van der Waals surface area (Å²) >= 11 is 0. The van der Waals surface area contributed by atoms with Crippen LogP contribution in [0.1, 0.15) is 34.1 Å². The minimum absolute atomic E-state index is 0.346. The van der Waals surface area contributed by atoms with Crippen LogP contribution in [0.25, 0.3) is 10.8 Å². The molecule has 4 aromatic rings. The monoisotopic (exact) mass is 445 g/mol. The number of aromatic nitrogens is 5. The van der Waals surface area contributed by atoms with Crippen molar-refractivity contribution in [1.82, 2.24) is 30.5 Å². The van der Waals surface area contributed by atoms with Crippen LogP contribution in [0.2, 0.25) is 0 Å². The van der Waals surface area contributed by atoms with Gasteiger partial charge in [-0.25, -0.2) is 9.37 Å². The summed E-state index contributed by atoms with van der Waals surface area (Å²) in [7, 11) is 1.67. The highest BCUT2D eigenvalue weighted by molar-refractivity contribution is 5.96. The maximum absolute atomic E-state index is 16.3. The number of fused-ring (bicyclic) bond motifs is 1. The van der Waals surface area contributed by atoms with Crippen LogP contribution in [-0.4, -0.2) is 50.0 Å². The molecule has 1 fully saturated rings. The van der Waals surface area contributed by atoms with Gasteiger partial charge in [0.25, 0.3) is 5.91 Å². The third-order valence-corrected chi connectivity index (χ3v) is 6.15. The molecule has 9 heteroatoms. The number of hydrogen-bond donors (Lipinski definition) is 1. The number of hydrogen-bond acceptors (Lipinski definition) is 6. The fraction of sp³-hybridized carbons (Fsp3) is 0.292. The predicted octanol–water partition coefficient (Wildman–Crippen LogP) is 3.15. The van der Waals surface area contributed by atoms with E-state index in [0.717, 1.165) is 16.3 Å². The van der Waals surface area contributed by atoms with Crippen molar-refractivity contribution in [2.24, 2.45) is 7.05 Å². The van der Waals surface area contributed by atoms with E-state index in [2.05, 4.69) is 25.7 Å². The Kier molecular flexibility index (Phi) is 5.45. The molecular weight excluding hydrogens is 421 g/mol. The number of nitrogens with zero attached hydrogens (tertiary/aromatic N) is 6. The van der Waals surface area contributed by atoms with Crippen LogP contribution in [0.5, 0.6) is 0 Å². The van der Waals surface area contributed by atoms with Crippen molar-refractivity contribution >= 4 is 22.5 Å². The fourth-order valence-corrected chi connectivity index (χ4v) is 4.53. The van der Waals surface area contributed by atoms with E-state index in [0.29, 0.717) is 30.2 Å². The molecule has 3 atom stereocenters. The van der Waals surface area contributed by atoms with Gasteiger partial charge in [0.05, 0.1) is 13.1 Å². The van der Waals surface area contributed by atoms with Crippen molar-refractivity contribution in [3.05, 3.63) is 77.7 Å². The van der Waals surface area contributed by atoms with E-state index in [1.54, 1.807) is 42.4 Å². The number of halogens is 1. The Bertz CT molecular complexity index is 1290. The molecule has 3 heterocycles. The third kappa shape index (κ3) is 3.90. The first kappa shape index (κ1) is 21.0. The van der Waals surface area contributed by atoms with Gasteiger partial charge in [-0.05, 0) is 47.7 Å². The number of alkyl halides is 1. The number of pyridine rings is 1. The summed E-state index contributed by atoms with van der Waals surface area (Å²) in [5.41, 5.74) is 1.48. The van der Waals surface area contributed by atoms with Gasteiger partial charge in [0.1, 0.15) is 5.82 Å². The van der Waals surface area contributed by atoms with Gasteiger partial charge in [0, 0.05) is 29.6 Å². The van der Waals surface area contributed by atoms with Crippen molar-refractivity contribution in [3.63, 3.8) is 0 Å². The maximum atomic E-state index is 16.3. The Hall–Kier alpha value is -3.88. The molecule has 0 bridgehead atoms.